The molecule has 2 heterocycles. The van der Waals surface area contributed by atoms with Gasteiger partial charge in [-0.15, -0.1) is 11.3 Å². The quantitative estimate of drug-likeness (QED) is 0.599. The van der Waals surface area contributed by atoms with Crippen LogP contribution in [0.1, 0.15) is 42.5 Å². The van der Waals surface area contributed by atoms with Crippen LogP contribution in [0.5, 0.6) is 0 Å². The zero-order valence-electron chi connectivity index (χ0n) is 16.9. The van der Waals surface area contributed by atoms with Crippen molar-refractivity contribution in [2.45, 2.75) is 27.7 Å². The fourth-order valence-corrected chi connectivity index (χ4v) is 3.93. The lowest BCUT2D eigenvalue weighted by Gasteiger charge is -2.09. The van der Waals surface area contributed by atoms with Crippen LogP contribution in [0, 0.1) is 27.7 Å². The van der Waals surface area contributed by atoms with Crippen molar-refractivity contribution in [3.05, 3.63) is 63.3 Å². The molecule has 0 spiro atoms. The smallest absolute Gasteiger partial charge is 0.341 e. The summed E-state index contributed by atoms with van der Waals surface area (Å²) < 4.78 is 4.86. The second-order valence-electron chi connectivity index (χ2n) is 6.61. The Hall–Kier alpha value is -3.26. The maximum absolute atomic E-state index is 12.8. The van der Waals surface area contributed by atoms with Gasteiger partial charge in [0.2, 0.25) is 5.95 Å². The zero-order valence-corrected chi connectivity index (χ0v) is 17.7. The molecule has 0 fully saturated rings. The van der Waals surface area contributed by atoms with Crippen LogP contribution in [0.4, 0.5) is 16.6 Å². The number of esters is 1. The molecule has 1 amide bonds. The van der Waals surface area contributed by atoms with Crippen LogP contribution >= 0.6 is 11.3 Å². The third kappa shape index (κ3) is 4.60. The second-order valence-corrected chi connectivity index (χ2v) is 7.84. The molecule has 1 aromatic carbocycles. The number of thiophene rings is 1. The van der Waals surface area contributed by atoms with Crippen molar-refractivity contribution in [3.8, 4) is 0 Å². The molecule has 0 aliphatic carbocycles. The first kappa shape index (κ1) is 20.5. The average Bonchev–Trinajstić information content (AvgIpc) is 2.94. The Kier molecular flexibility index (Phi) is 5.93. The molecular weight excluding hydrogens is 388 g/mol. The van der Waals surface area contributed by atoms with Crippen LogP contribution < -0.4 is 10.6 Å². The molecular formula is C21H22N4O3S. The normalized spacial score (nSPS) is 10.5. The van der Waals surface area contributed by atoms with E-state index in [1.165, 1.54) is 18.4 Å². The lowest BCUT2D eigenvalue weighted by atomic mass is 10.1. The first-order valence-corrected chi connectivity index (χ1v) is 9.79. The minimum absolute atomic E-state index is 0.318. The molecule has 2 N–H and O–H groups in total. The van der Waals surface area contributed by atoms with Crippen molar-refractivity contribution in [1.29, 1.82) is 0 Å². The van der Waals surface area contributed by atoms with E-state index < -0.39 is 5.97 Å². The summed E-state index contributed by atoms with van der Waals surface area (Å²) in [6.45, 7) is 7.53. The Labute approximate surface area is 173 Å². The molecule has 3 aromatic rings. The Morgan fingerprint density at radius 3 is 2.38 bits per heavy atom. The Morgan fingerprint density at radius 1 is 1.03 bits per heavy atom. The third-order valence-corrected chi connectivity index (χ3v) is 5.49. The van der Waals surface area contributed by atoms with Gasteiger partial charge in [0, 0.05) is 27.5 Å². The topological polar surface area (TPSA) is 93.2 Å². The van der Waals surface area contributed by atoms with Gasteiger partial charge in [-0.1, -0.05) is 6.07 Å². The van der Waals surface area contributed by atoms with Gasteiger partial charge in [-0.05, 0) is 57.5 Å². The van der Waals surface area contributed by atoms with E-state index in [-0.39, 0.29) is 5.91 Å². The Bertz CT molecular complexity index is 1070. The number of nitrogens with one attached hydrogen (secondary N) is 2. The lowest BCUT2D eigenvalue weighted by Crippen LogP contribution is -2.14. The van der Waals surface area contributed by atoms with E-state index in [0.717, 1.165) is 21.8 Å². The zero-order chi connectivity index (χ0) is 21.1. The number of hydrogen-bond donors (Lipinski definition) is 2. The molecule has 150 valence electrons. The highest BCUT2D eigenvalue weighted by Crippen LogP contribution is 2.33. The summed E-state index contributed by atoms with van der Waals surface area (Å²) in [5.41, 5.74) is 4.04. The van der Waals surface area contributed by atoms with Gasteiger partial charge in [0.25, 0.3) is 5.91 Å². The summed E-state index contributed by atoms with van der Waals surface area (Å²) in [6, 6.07) is 8.90. The standard InChI is InChI=1S/C21H22N4O3S/c1-11-9-12(2)23-21(22-11)24-16-8-6-7-15(10-16)18(26)25-19-17(20(27)28-5)13(3)14(4)29-19/h6-10H,1-5H3,(H,25,26)(H,22,23,24). The van der Waals surface area contributed by atoms with Crippen molar-refractivity contribution >= 4 is 39.9 Å². The van der Waals surface area contributed by atoms with Crippen molar-refractivity contribution in [2.24, 2.45) is 0 Å². The Balaban J connectivity index is 1.83. The number of nitrogens with zero attached hydrogens (tertiary/aromatic N) is 2. The number of methoxy groups -OCH3 is 1. The van der Waals surface area contributed by atoms with Gasteiger partial charge in [0.1, 0.15) is 5.00 Å². The number of aromatic nitrogens is 2. The molecule has 2 aromatic heterocycles. The monoisotopic (exact) mass is 410 g/mol. The summed E-state index contributed by atoms with van der Waals surface area (Å²) >= 11 is 1.35. The van der Waals surface area contributed by atoms with Crippen LogP contribution in [0.25, 0.3) is 0 Å². The molecule has 0 bridgehead atoms. The molecule has 0 saturated heterocycles. The number of carbonyl (C=O) groups excluding carboxylic acids is 2. The van der Waals surface area contributed by atoms with Crippen LogP contribution in [0.3, 0.4) is 0 Å². The number of carbonyl (C=O) groups is 2. The van der Waals surface area contributed by atoms with Crippen LogP contribution in [0.2, 0.25) is 0 Å². The van der Waals surface area contributed by atoms with E-state index in [2.05, 4.69) is 20.6 Å². The molecule has 0 radical (unpaired) electrons. The molecule has 0 saturated carbocycles. The molecule has 0 aliphatic rings. The molecule has 29 heavy (non-hydrogen) atoms. The number of amides is 1. The predicted molar refractivity (Wildman–Crippen MR) is 114 cm³/mol. The number of anilines is 3. The molecule has 0 unspecified atom stereocenters. The van der Waals surface area contributed by atoms with Gasteiger partial charge in [-0.3, -0.25) is 4.79 Å². The fraction of sp³-hybridized carbons (Fsp3) is 0.238. The molecule has 3 rings (SSSR count). The summed E-state index contributed by atoms with van der Waals surface area (Å²) in [7, 11) is 1.32. The second kappa shape index (κ2) is 8.40. The van der Waals surface area contributed by atoms with Crippen molar-refractivity contribution < 1.29 is 14.3 Å². The average molecular weight is 410 g/mol. The van der Waals surface area contributed by atoms with Crippen molar-refractivity contribution in [1.82, 2.24) is 9.97 Å². The first-order valence-electron chi connectivity index (χ1n) is 8.97. The predicted octanol–water partition coefficient (Wildman–Crippen LogP) is 4.55. The lowest BCUT2D eigenvalue weighted by molar-refractivity contribution is 0.0601. The minimum Gasteiger partial charge on any atom is -0.465 e. The Morgan fingerprint density at radius 2 is 1.72 bits per heavy atom. The van der Waals surface area contributed by atoms with Gasteiger partial charge < -0.3 is 15.4 Å². The number of rotatable bonds is 5. The first-order chi connectivity index (χ1) is 13.8. The highest BCUT2D eigenvalue weighted by molar-refractivity contribution is 7.16. The van der Waals surface area contributed by atoms with Gasteiger partial charge in [-0.25, -0.2) is 14.8 Å². The van der Waals surface area contributed by atoms with Gasteiger partial charge in [0.05, 0.1) is 12.7 Å². The van der Waals surface area contributed by atoms with E-state index in [1.807, 2.05) is 39.8 Å². The van der Waals surface area contributed by atoms with E-state index in [0.29, 0.717) is 27.8 Å². The van der Waals surface area contributed by atoms with Gasteiger partial charge >= 0.3 is 5.97 Å². The fourth-order valence-electron chi connectivity index (χ4n) is 2.89. The molecule has 8 heteroatoms. The molecule has 7 nitrogen and oxygen atoms in total. The largest absolute Gasteiger partial charge is 0.465 e. The number of aryl methyl sites for hydroxylation is 3. The van der Waals surface area contributed by atoms with Crippen molar-refractivity contribution in [2.75, 3.05) is 17.7 Å². The summed E-state index contributed by atoms with van der Waals surface area (Å²) in [6.07, 6.45) is 0. The third-order valence-electron chi connectivity index (χ3n) is 4.37. The number of benzene rings is 1. The highest BCUT2D eigenvalue weighted by atomic mass is 32.1. The summed E-state index contributed by atoms with van der Waals surface area (Å²) in [4.78, 5) is 34.6. The molecule has 0 atom stereocenters. The van der Waals surface area contributed by atoms with Gasteiger partial charge in [-0.2, -0.15) is 0 Å². The highest BCUT2D eigenvalue weighted by Gasteiger charge is 2.22. The van der Waals surface area contributed by atoms with Crippen LogP contribution in [-0.2, 0) is 4.74 Å². The van der Waals surface area contributed by atoms with E-state index in [1.54, 1.807) is 18.2 Å². The van der Waals surface area contributed by atoms with Crippen LogP contribution in [-0.4, -0.2) is 29.0 Å². The SMILES string of the molecule is COC(=O)c1c(NC(=O)c2cccc(Nc3nc(C)cc(C)n3)c2)sc(C)c1C. The van der Waals surface area contributed by atoms with Gasteiger partial charge in [0.15, 0.2) is 0 Å². The minimum atomic E-state index is -0.468. The summed E-state index contributed by atoms with van der Waals surface area (Å²) in [5.74, 6) is -0.316. The van der Waals surface area contributed by atoms with Crippen LogP contribution in [0.15, 0.2) is 30.3 Å². The van der Waals surface area contributed by atoms with E-state index in [9.17, 15) is 9.59 Å². The van der Waals surface area contributed by atoms with E-state index >= 15 is 0 Å². The molecule has 0 aliphatic heterocycles. The maximum Gasteiger partial charge on any atom is 0.341 e. The maximum atomic E-state index is 12.8. The van der Waals surface area contributed by atoms with E-state index in [4.69, 9.17) is 4.74 Å². The summed E-state index contributed by atoms with van der Waals surface area (Å²) in [5, 5.41) is 6.44. The number of ether oxygens (including phenoxy) is 1. The number of hydrogen-bond acceptors (Lipinski definition) is 7. The van der Waals surface area contributed by atoms with Crippen molar-refractivity contribution in [3.63, 3.8) is 0 Å².